The van der Waals surface area contributed by atoms with Crippen molar-refractivity contribution >= 4 is 33.6 Å². The van der Waals surface area contributed by atoms with E-state index < -0.39 is 5.91 Å². The first-order valence-electron chi connectivity index (χ1n) is 9.88. The standard InChI is InChI=1S/C21H22BrN7O2/c22-14-8-10-26-16(11-14)27-21(31)13-6-4-12(5-7-13)17-18(19(23)30)29(24)20(28-17)15-3-1-2-9-25-15/h4-8,10-11,15,25H,1-3,9,24H2,(H2,23,30)(H,26,27,31)/t15-/m0/s1. The van der Waals surface area contributed by atoms with Crippen molar-refractivity contribution in [1.82, 2.24) is 20.0 Å². The summed E-state index contributed by atoms with van der Waals surface area (Å²) in [6.45, 7) is 0.870. The fraction of sp³-hybridized carbons (Fsp3) is 0.238. The van der Waals surface area contributed by atoms with Crippen LogP contribution in [0.3, 0.4) is 0 Å². The van der Waals surface area contributed by atoms with E-state index in [1.54, 1.807) is 42.6 Å². The summed E-state index contributed by atoms with van der Waals surface area (Å²) in [5.41, 5.74) is 7.22. The zero-order valence-corrected chi connectivity index (χ0v) is 18.2. The van der Waals surface area contributed by atoms with Gasteiger partial charge in [-0.15, -0.1) is 0 Å². The minimum Gasteiger partial charge on any atom is -0.364 e. The summed E-state index contributed by atoms with van der Waals surface area (Å²) in [4.78, 5) is 33.4. The first-order chi connectivity index (χ1) is 14.9. The van der Waals surface area contributed by atoms with Gasteiger partial charge in [-0.3, -0.25) is 9.59 Å². The van der Waals surface area contributed by atoms with Crippen molar-refractivity contribution in [2.24, 2.45) is 5.73 Å². The van der Waals surface area contributed by atoms with Gasteiger partial charge in [0.25, 0.3) is 11.8 Å². The van der Waals surface area contributed by atoms with Gasteiger partial charge in [-0.05, 0) is 43.7 Å². The van der Waals surface area contributed by atoms with Gasteiger partial charge in [-0.2, -0.15) is 0 Å². The molecule has 4 rings (SSSR count). The molecule has 2 aromatic heterocycles. The van der Waals surface area contributed by atoms with E-state index in [1.165, 1.54) is 4.68 Å². The maximum Gasteiger partial charge on any atom is 0.269 e. The molecule has 1 aliphatic rings. The van der Waals surface area contributed by atoms with Crippen LogP contribution in [0.1, 0.15) is 52.0 Å². The fourth-order valence-corrected chi connectivity index (χ4v) is 3.98. The van der Waals surface area contributed by atoms with Crippen LogP contribution in [0.4, 0.5) is 5.82 Å². The lowest BCUT2D eigenvalue weighted by Gasteiger charge is -2.22. The van der Waals surface area contributed by atoms with E-state index in [9.17, 15) is 9.59 Å². The molecule has 31 heavy (non-hydrogen) atoms. The van der Waals surface area contributed by atoms with Crippen LogP contribution in [-0.2, 0) is 0 Å². The summed E-state index contributed by atoms with van der Waals surface area (Å²) in [7, 11) is 0. The largest absolute Gasteiger partial charge is 0.364 e. The van der Waals surface area contributed by atoms with Gasteiger partial charge >= 0.3 is 0 Å². The molecule has 0 bridgehead atoms. The van der Waals surface area contributed by atoms with Crippen molar-refractivity contribution in [3.8, 4) is 11.3 Å². The van der Waals surface area contributed by atoms with Crippen molar-refractivity contribution in [3.05, 3.63) is 64.1 Å². The molecule has 0 radical (unpaired) electrons. The Bertz CT molecular complexity index is 1120. The fourth-order valence-electron chi connectivity index (χ4n) is 3.65. The normalized spacial score (nSPS) is 16.1. The predicted octanol–water partition coefficient (Wildman–Crippen LogP) is 2.59. The Morgan fingerprint density at radius 3 is 2.61 bits per heavy atom. The van der Waals surface area contributed by atoms with Crippen molar-refractivity contribution in [1.29, 1.82) is 0 Å². The Morgan fingerprint density at radius 2 is 1.97 bits per heavy atom. The average Bonchev–Trinajstić information content (AvgIpc) is 3.12. The predicted molar refractivity (Wildman–Crippen MR) is 121 cm³/mol. The molecule has 10 heteroatoms. The molecule has 0 unspecified atom stereocenters. The molecule has 0 saturated carbocycles. The minimum atomic E-state index is -0.658. The van der Waals surface area contributed by atoms with Crippen molar-refractivity contribution in [2.45, 2.75) is 25.3 Å². The number of piperidine rings is 1. The van der Waals surface area contributed by atoms with E-state index in [-0.39, 0.29) is 17.6 Å². The molecule has 160 valence electrons. The van der Waals surface area contributed by atoms with Gasteiger partial charge in [0, 0.05) is 21.8 Å². The second-order valence-electron chi connectivity index (χ2n) is 7.29. The number of nitrogens with one attached hydrogen (secondary N) is 2. The summed E-state index contributed by atoms with van der Waals surface area (Å²) >= 11 is 3.35. The minimum absolute atomic E-state index is 0.0339. The molecule has 9 nitrogen and oxygen atoms in total. The first-order valence-corrected chi connectivity index (χ1v) is 10.7. The smallest absolute Gasteiger partial charge is 0.269 e. The highest BCUT2D eigenvalue weighted by molar-refractivity contribution is 9.10. The topological polar surface area (TPSA) is 141 Å². The second-order valence-corrected chi connectivity index (χ2v) is 8.21. The number of nitrogens with zero attached hydrogens (tertiary/aromatic N) is 3. The highest BCUT2D eigenvalue weighted by Crippen LogP contribution is 2.29. The number of pyridine rings is 1. The lowest BCUT2D eigenvalue weighted by atomic mass is 10.0. The highest BCUT2D eigenvalue weighted by atomic mass is 79.9. The number of hydrogen-bond donors (Lipinski definition) is 4. The molecule has 0 spiro atoms. The lowest BCUT2D eigenvalue weighted by molar-refractivity contribution is 0.0991. The molecule has 3 heterocycles. The number of anilines is 1. The average molecular weight is 484 g/mol. The first kappa shape index (κ1) is 21.0. The number of benzene rings is 1. The van der Waals surface area contributed by atoms with Gasteiger partial charge < -0.3 is 22.2 Å². The quantitative estimate of drug-likeness (QED) is 0.411. The van der Waals surface area contributed by atoms with E-state index in [1.807, 2.05) is 0 Å². The number of halogens is 1. The summed E-state index contributed by atoms with van der Waals surface area (Å²) in [5, 5.41) is 6.12. The van der Waals surface area contributed by atoms with Crippen LogP contribution >= 0.6 is 15.9 Å². The van der Waals surface area contributed by atoms with E-state index >= 15 is 0 Å². The van der Waals surface area contributed by atoms with Crippen LogP contribution in [0.2, 0.25) is 0 Å². The van der Waals surface area contributed by atoms with Gasteiger partial charge in [0.15, 0.2) is 5.69 Å². The van der Waals surface area contributed by atoms with Crippen molar-refractivity contribution in [3.63, 3.8) is 0 Å². The third-order valence-electron chi connectivity index (χ3n) is 5.18. The summed E-state index contributed by atoms with van der Waals surface area (Å²) in [5.74, 6) is 6.24. The maximum absolute atomic E-state index is 12.5. The molecule has 3 aromatic rings. The van der Waals surface area contributed by atoms with Crippen molar-refractivity contribution in [2.75, 3.05) is 17.7 Å². The summed E-state index contributed by atoms with van der Waals surface area (Å²) < 4.78 is 2.09. The van der Waals surface area contributed by atoms with Crippen molar-refractivity contribution < 1.29 is 9.59 Å². The van der Waals surface area contributed by atoms with Crippen LogP contribution in [0, 0.1) is 0 Å². The Labute approximate surface area is 187 Å². The van der Waals surface area contributed by atoms with Gasteiger partial charge in [0.1, 0.15) is 17.3 Å². The van der Waals surface area contributed by atoms with Crippen LogP contribution < -0.4 is 22.2 Å². The monoisotopic (exact) mass is 483 g/mol. The molecule has 1 saturated heterocycles. The SMILES string of the molecule is NC(=O)c1c(-c2ccc(C(=O)Nc3cc(Br)ccn3)cc2)nc([C@@H]2CCCCN2)n1N. The number of amides is 2. The molecule has 1 atom stereocenters. The van der Waals surface area contributed by atoms with Gasteiger partial charge in [-0.25, -0.2) is 14.6 Å². The van der Waals surface area contributed by atoms with Crippen LogP contribution in [0.5, 0.6) is 0 Å². The highest BCUT2D eigenvalue weighted by Gasteiger charge is 2.27. The number of imidazole rings is 1. The van der Waals surface area contributed by atoms with Gasteiger partial charge in [0.05, 0.1) is 6.04 Å². The van der Waals surface area contributed by atoms with E-state index in [4.69, 9.17) is 11.6 Å². The van der Waals surface area contributed by atoms with E-state index in [2.05, 4.69) is 36.5 Å². The van der Waals surface area contributed by atoms with Gasteiger partial charge in [0.2, 0.25) is 0 Å². The number of aromatic nitrogens is 3. The Morgan fingerprint density at radius 1 is 1.19 bits per heavy atom. The summed E-state index contributed by atoms with van der Waals surface area (Å²) in [6.07, 6.45) is 4.63. The number of nitrogens with two attached hydrogens (primary N) is 2. The number of primary amides is 1. The Hall–Kier alpha value is -3.24. The zero-order chi connectivity index (χ0) is 22.0. The Kier molecular flexibility index (Phi) is 6.01. The number of nitrogen functional groups attached to an aromatic ring is 1. The van der Waals surface area contributed by atoms with Crippen LogP contribution in [-0.4, -0.2) is 33.0 Å². The summed E-state index contributed by atoms with van der Waals surface area (Å²) in [6, 6.07) is 10.2. The Balaban J connectivity index is 1.61. The molecule has 6 N–H and O–H groups in total. The van der Waals surface area contributed by atoms with E-state index in [0.29, 0.717) is 28.5 Å². The van der Waals surface area contributed by atoms with Gasteiger partial charge in [-0.1, -0.05) is 34.5 Å². The molecular formula is C21H22BrN7O2. The van der Waals surface area contributed by atoms with Crippen LogP contribution in [0.25, 0.3) is 11.3 Å². The number of carbonyl (C=O) groups excluding carboxylic acids is 2. The number of carbonyl (C=O) groups is 2. The molecule has 1 aliphatic heterocycles. The number of rotatable bonds is 5. The van der Waals surface area contributed by atoms with Crippen LogP contribution in [0.15, 0.2) is 47.1 Å². The number of hydrogen-bond acceptors (Lipinski definition) is 6. The molecule has 2 amide bonds. The molecular weight excluding hydrogens is 462 g/mol. The third-order valence-corrected chi connectivity index (χ3v) is 5.67. The zero-order valence-electron chi connectivity index (χ0n) is 16.6. The molecule has 1 aromatic carbocycles. The second kappa shape index (κ2) is 8.86. The third kappa shape index (κ3) is 4.44. The maximum atomic E-state index is 12.5. The molecule has 0 aliphatic carbocycles. The molecule has 1 fully saturated rings. The van der Waals surface area contributed by atoms with E-state index in [0.717, 1.165) is 30.3 Å². The lowest BCUT2D eigenvalue weighted by Crippen LogP contribution is -2.32.